The van der Waals surface area contributed by atoms with E-state index in [2.05, 4.69) is 4.90 Å². The van der Waals surface area contributed by atoms with Gasteiger partial charge in [-0.3, -0.25) is 9.69 Å². The third-order valence-electron chi connectivity index (χ3n) is 4.05. The zero-order valence-electron chi connectivity index (χ0n) is 12.0. The van der Waals surface area contributed by atoms with Crippen LogP contribution in [0.4, 0.5) is 0 Å². The van der Waals surface area contributed by atoms with Gasteiger partial charge < -0.3 is 5.11 Å². The minimum absolute atomic E-state index is 0.0403. The lowest BCUT2D eigenvalue weighted by molar-refractivity contribution is 0.0815. The van der Waals surface area contributed by atoms with Crippen LogP contribution in [-0.2, 0) is 0 Å². The van der Waals surface area contributed by atoms with Gasteiger partial charge in [0.2, 0.25) is 0 Å². The van der Waals surface area contributed by atoms with Crippen LogP contribution in [-0.4, -0.2) is 41.5 Å². The van der Waals surface area contributed by atoms with E-state index in [-0.39, 0.29) is 18.9 Å². The smallest absolute Gasteiger partial charge is 0.178 e. The lowest BCUT2D eigenvalue weighted by Crippen LogP contribution is -2.42. The van der Waals surface area contributed by atoms with E-state index in [1.807, 2.05) is 0 Å². The summed E-state index contributed by atoms with van der Waals surface area (Å²) in [5.41, 5.74) is 0.461. The maximum absolute atomic E-state index is 12.5. The Balaban J connectivity index is 2.08. The van der Waals surface area contributed by atoms with Gasteiger partial charge in [-0.05, 0) is 31.0 Å². The Morgan fingerprint density at radius 2 is 1.95 bits per heavy atom. The number of aliphatic hydroxyl groups is 1. The fraction of sp³-hybridized carbons (Fsp3) is 0.562. The Bertz CT molecular complexity index is 487. The first-order chi connectivity index (χ1) is 10.1. The van der Waals surface area contributed by atoms with Crippen molar-refractivity contribution in [2.24, 2.45) is 0 Å². The zero-order valence-corrected chi connectivity index (χ0v) is 13.5. The highest BCUT2D eigenvalue weighted by Gasteiger charge is 2.24. The van der Waals surface area contributed by atoms with Crippen LogP contribution in [0.3, 0.4) is 0 Å². The van der Waals surface area contributed by atoms with Crippen molar-refractivity contribution in [1.82, 2.24) is 4.90 Å². The number of Topliss-reactive ketones (excluding diaryl/α,β-unsaturated/α-hetero) is 1. The van der Waals surface area contributed by atoms with Gasteiger partial charge in [0, 0.05) is 23.2 Å². The molecule has 1 fully saturated rings. The molecule has 0 bridgehead atoms. The van der Waals surface area contributed by atoms with E-state index in [1.165, 1.54) is 19.3 Å². The maximum Gasteiger partial charge on any atom is 0.178 e. The van der Waals surface area contributed by atoms with E-state index in [9.17, 15) is 9.90 Å². The standard InChI is InChI=1S/C16H21Cl2NO2/c17-12-6-7-15(18)14(10-12)16(21)11-19(8-9-20)13-4-2-1-3-5-13/h6-7,10,13,20H,1-5,8-9,11H2. The summed E-state index contributed by atoms with van der Waals surface area (Å²) in [6.07, 6.45) is 5.84. The Labute approximate surface area is 135 Å². The molecule has 0 radical (unpaired) electrons. The topological polar surface area (TPSA) is 40.5 Å². The molecular formula is C16H21Cl2NO2. The van der Waals surface area contributed by atoms with Gasteiger partial charge in [0.1, 0.15) is 0 Å². The predicted octanol–water partition coefficient (Wildman–Crippen LogP) is 3.80. The number of carbonyl (C=O) groups excluding carboxylic acids is 1. The third kappa shape index (κ3) is 4.68. The van der Waals surface area contributed by atoms with Crippen molar-refractivity contribution < 1.29 is 9.90 Å². The van der Waals surface area contributed by atoms with Crippen molar-refractivity contribution >= 4 is 29.0 Å². The van der Waals surface area contributed by atoms with Crippen molar-refractivity contribution in [3.05, 3.63) is 33.8 Å². The van der Waals surface area contributed by atoms with E-state index in [1.54, 1.807) is 18.2 Å². The summed E-state index contributed by atoms with van der Waals surface area (Å²) < 4.78 is 0. The number of ketones is 1. The molecule has 0 atom stereocenters. The summed E-state index contributed by atoms with van der Waals surface area (Å²) in [7, 11) is 0. The van der Waals surface area contributed by atoms with Gasteiger partial charge in [-0.2, -0.15) is 0 Å². The van der Waals surface area contributed by atoms with E-state index in [0.717, 1.165) is 12.8 Å². The lowest BCUT2D eigenvalue weighted by atomic mass is 9.94. The van der Waals surface area contributed by atoms with E-state index in [4.69, 9.17) is 23.2 Å². The van der Waals surface area contributed by atoms with Crippen molar-refractivity contribution in [3.63, 3.8) is 0 Å². The molecular weight excluding hydrogens is 309 g/mol. The molecule has 0 amide bonds. The molecule has 1 aromatic rings. The Hall–Kier alpha value is -0.610. The van der Waals surface area contributed by atoms with Gasteiger partial charge in [0.25, 0.3) is 0 Å². The number of carbonyl (C=O) groups is 1. The number of nitrogens with zero attached hydrogens (tertiary/aromatic N) is 1. The summed E-state index contributed by atoms with van der Waals surface area (Å²) in [6, 6.07) is 5.32. The lowest BCUT2D eigenvalue weighted by Gasteiger charge is -2.33. The molecule has 1 N–H and O–H groups in total. The molecule has 1 saturated carbocycles. The largest absolute Gasteiger partial charge is 0.395 e. The number of rotatable bonds is 6. The molecule has 3 nitrogen and oxygen atoms in total. The molecule has 0 aliphatic heterocycles. The fourth-order valence-electron chi connectivity index (χ4n) is 2.95. The molecule has 5 heteroatoms. The maximum atomic E-state index is 12.5. The van der Waals surface area contributed by atoms with Crippen LogP contribution in [0.1, 0.15) is 42.5 Å². The van der Waals surface area contributed by atoms with Crippen molar-refractivity contribution in [1.29, 1.82) is 0 Å². The molecule has 116 valence electrons. The van der Waals surface area contributed by atoms with Gasteiger partial charge in [0.05, 0.1) is 18.2 Å². The van der Waals surface area contributed by atoms with E-state index >= 15 is 0 Å². The Morgan fingerprint density at radius 3 is 2.62 bits per heavy atom. The average molecular weight is 330 g/mol. The van der Waals surface area contributed by atoms with Crippen LogP contribution in [0.5, 0.6) is 0 Å². The van der Waals surface area contributed by atoms with Crippen molar-refractivity contribution in [2.75, 3.05) is 19.7 Å². The van der Waals surface area contributed by atoms with Crippen LogP contribution in [0.2, 0.25) is 10.0 Å². The number of aliphatic hydroxyl groups excluding tert-OH is 1. The molecule has 21 heavy (non-hydrogen) atoms. The van der Waals surface area contributed by atoms with Gasteiger partial charge in [0.15, 0.2) is 5.78 Å². The Kier molecular flexibility index (Phi) is 6.49. The first-order valence-corrected chi connectivity index (χ1v) is 8.20. The fourth-order valence-corrected chi connectivity index (χ4v) is 3.34. The van der Waals surface area contributed by atoms with Crippen molar-refractivity contribution in [2.45, 2.75) is 38.1 Å². The molecule has 0 unspecified atom stereocenters. The molecule has 1 aliphatic rings. The van der Waals surface area contributed by atoms with Gasteiger partial charge >= 0.3 is 0 Å². The normalized spacial score (nSPS) is 16.4. The first-order valence-electron chi connectivity index (χ1n) is 7.45. The summed E-state index contributed by atoms with van der Waals surface area (Å²) in [6.45, 7) is 0.868. The average Bonchev–Trinajstić information content (AvgIpc) is 2.50. The highest BCUT2D eigenvalue weighted by molar-refractivity contribution is 6.36. The Morgan fingerprint density at radius 1 is 1.24 bits per heavy atom. The second-order valence-electron chi connectivity index (χ2n) is 5.53. The summed E-state index contributed by atoms with van der Waals surface area (Å²) >= 11 is 12.0. The quantitative estimate of drug-likeness (QED) is 0.807. The number of hydrogen-bond acceptors (Lipinski definition) is 3. The third-order valence-corrected chi connectivity index (χ3v) is 4.62. The SMILES string of the molecule is O=C(CN(CCO)C1CCCCC1)c1cc(Cl)ccc1Cl. The van der Waals surface area contributed by atoms with E-state index in [0.29, 0.717) is 28.2 Å². The predicted molar refractivity (Wildman–Crippen MR) is 86.3 cm³/mol. The minimum atomic E-state index is -0.0403. The summed E-state index contributed by atoms with van der Waals surface area (Å²) in [5.74, 6) is -0.0403. The second kappa shape index (κ2) is 8.14. The summed E-state index contributed by atoms with van der Waals surface area (Å²) in [5, 5.41) is 10.2. The highest BCUT2D eigenvalue weighted by Crippen LogP contribution is 2.25. The van der Waals surface area contributed by atoms with E-state index < -0.39 is 0 Å². The van der Waals surface area contributed by atoms with Crippen LogP contribution in [0.25, 0.3) is 0 Å². The van der Waals surface area contributed by atoms with Crippen LogP contribution < -0.4 is 0 Å². The minimum Gasteiger partial charge on any atom is -0.395 e. The van der Waals surface area contributed by atoms with Gasteiger partial charge in [-0.15, -0.1) is 0 Å². The van der Waals surface area contributed by atoms with Crippen molar-refractivity contribution in [3.8, 4) is 0 Å². The molecule has 0 spiro atoms. The zero-order chi connectivity index (χ0) is 15.2. The molecule has 0 aromatic heterocycles. The number of halogens is 2. The van der Waals surface area contributed by atoms with Gasteiger partial charge in [-0.1, -0.05) is 42.5 Å². The van der Waals surface area contributed by atoms with Crippen LogP contribution >= 0.6 is 23.2 Å². The molecule has 2 rings (SSSR count). The molecule has 0 heterocycles. The second-order valence-corrected chi connectivity index (χ2v) is 6.38. The summed E-state index contributed by atoms with van der Waals surface area (Å²) in [4.78, 5) is 14.6. The van der Waals surface area contributed by atoms with Crippen LogP contribution in [0, 0.1) is 0 Å². The molecule has 0 saturated heterocycles. The van der Waals surface area contributed by atoms with Gasteiger partial charge in [-0.25, -0.2) is 0 Å². The first kappa shape index (κ1) is 16.8. The highest BCUT2D eigenvalue weighted by atomic mass is 35.5. The number of benzene rings is 1. The molecule has 1 aliphatic carbocycles. The van der Waals surface area contributed by atoms with Crippen LogP contribution in [0.15, 0.2) is 18.2 Å². The number of hydrogen-bond donors (Lipinski definition) is 1. The molecule has 1 aromatic carbocycles. The monoisotopic (exact) mass is 329 g/mol.